The molecule has 144 valence electrons. The van der Waals surface area contributed by atoms with Gasteiger partial charge in [0.25, 0.3) is 11.1 Å². The smallest absolute Gasteiger partial charge is 0.293 e. The van der Waals surface area contributed by atoms with Crippen LogP contribution >= 0.6 is 23.4 Å². The number of thioether (sulfide) groups is 1. The van der Waals surface area contributed by atoms with Gasteiger partial charge in [0.05, 0.1) is 18.6 Å². The van der Waals surface area contributed by atoms with Crippen LogP contribution in [-0.4, -0.2) is 29.9 Å². The quantitative estimate of drug-likeness (QED) is 0.676. The number of amides is 2. The van der Waals surface area contributed by atoms with Gasteiger partial charge in [0.15, 0.2) is 11.5 Å². The molecule has 0 atom stereocenters. The molecule has 0 aliphatic carbocycles. The Morgan fingerprint density at radius 3 is 2.71 bits per heavy atom. The van der Waals surface area contributed by atoms with Crippen LogP contribution in [0.1, 0.15) is 16.7 Å². The topological polar surface area (TPSA) is 65.1 Å². The van der Waals surface area contributed by atoms with Crippen LogP contribution in [-0.2, 0) is 11.3 Å². The highest BCUT2D eigenvalue weighted by Crippen LogP contribution is 2.39. The van der Waals surface area contributed by atoms with Crippen LogP contribution in [0.25, 0.3) is 6.08 Å². The third-order valence-electron chi connectivity index (χ3n) is 4.47. The molecule has 0 spiro atoms. The average molecular weight is 418 g/mol. The summed E-state index contributed by atoms with van der Waals surface area (Å²) in [7, 11) is 1.59. The minimum absolute atomic E-state index is 0.0642. The Labute approximate surface area is 171 Å². The summed E-state index contributed by atoms with van der Waals surface area (Å²) in [5.41, 5.74) is 2.39. The fourth-order valence-electron chi connectivity index (χ4n) is 2.96. The van der Waals surface area contributed by atoms with E-state index in [0.717, 1.165) is 28.6 Å². The summed E-state index contributed by atoms with van der Waals surface area (Å²) in [5, 5.41) is 0.0691. The first kappa shape index (κ1) is 18.7. The van der Waals surface area contributed by atoms with Gasteiger partial charge < -0.3 is 14.2 Å². The van der Waals surface area contributed by atoms with Crippen molar-refractivity contribution in [2.24, 2.45) is 0 Å². The first-order chi connectivity index (χ1) is 13.5. The van der Waals surface area contributed by atoms with Gasteiger partial charge in [-0.25, -0.2) is 0 Å². The molecule has 0 N–H and O–H groups in total. The molecule has 0 radical (unpaired) electrons. The maximum absolute atomic E-state index is 12.8. The van der Waals surface area contributed by atoms with E-state index in [4.69, 9.17) is 25.8 Å². The molecule has 1 saturated heterocycles. The predicted molar refractivity (Wildman–Crippen MR) is 107 cm³/mol. The molecule has 0 aromatic heterocycles. The Kier molecular flexibility index (Phi) is 4.95. The predicted octanol–water partition coefficient (Wildman–Crippen LogP) is 4.62. The van der Waals surface area contributed by atoms with Crippen LogP contribution < -0.4 is 14.2 Å². The first-order valence-electron chi connectivity index (χ1n) is 8.44. The molecule has 0 bridgehead atoms. The Morgan fingerprint density at radius 2 is 1.96 bits per heavy atom. The average Bonchev–Trinajstić information content (AvgIpc) is 3.22. The van der Waals surface area contributed by atoms with Crippen molar-refractivity contribution in [3.63, 3.8) is 0 Å². The van der Waals surface area contributed by atoms with Crippen molar-refractivity contribution in [1.82, 2.24) is 4.90 Å². The maximum Gasteiger partial charge on any atom is 0.293 e. The van der Waals surface area contributed by atoms with Crippen molar-refractivity contribution < 1.29 is 23.8 Å². The summed E-state index contributed by atoms with van der Waals surface area (Å²) in [6.07, 6.45) is 1.69. The van der Waals surface area contributed by atoms with Gasteiger partial charge in [-0.3, -0.25) is 14.5 Å². The summed E-state index contributed by atoms with van der Waals surface area (Å²) in [5.74, 6) is 1.47. The van der Waals surface area contributed by atoms with E-state index in [1.54, 1.807) is 25.3 Å². The van der Waals surface area contributed by atoms with E-state index in [-0.39, 0.29) is 24.5 Å². The van der Waals surface area contributed by atoms with Gasteiger partial charge in [-0.15, -0.1) is 0 Å². The molecular formula is C20H16ClNO5S. The van der Waals surface area contributed by atoms with E-state index in [1.807, 2.05) is 25.1 Å². The number of aryl methyl sites for hydroxylation is 1. The fraction of sp³-hybridized carbons (Fsp3) is 0.200. The van der Waals surface area contributed by atoms with Crippen LogP contribution in [0.5, 0.6) is 17.2 Å². The van der Waals surface area contributed by atoms with Crippen molar-refractivity contribution >= 4 is 40.6 Å². The van der Waals surface area contributed by atoms with E-state index in [0.29, 0.717) is 27.0 Å². The number of carbonyl (C=O) groups is 2. The molecular weight excluding hydrogens is 402 g/mol. The molecule has 2 aromatic carbocycles. The molecule has 1 fully saturated rings. The monoisotopic (exact) mass is 417 g/mol. The van der Waals surface area contributed by atoms with Crippen molar-refractivity contribution in [2.45, 2.75) is 13.5 Å². The summed E-state index contributed by atoms with van der Waals surface area (Å²) < 4.78 is 15.9. The van der Waals surface area contributed by atoms with E-state index in [2.05, 4.69) is 0 Å². The lowest BCUT2D eigenvalue weighted by Crippen LogP contribution is -2.27. The normalized spacial score (nSPS) is 17.0. The Balaban J connectivity index is 1.58. The summed E-state index contributed by atoms with van der Waals surface area (Å²) in [6.45, 7) is 2.12. The molecule has 2 aliphatic heterocycles. The zero-order valence-corrected chi connectivity index (χ0v) is 16.7. The number of benzene rings is 2. The first-order valence-corrected chi connectivity index (χ1v) is 9.63. The maximum atomic E-state index is 12.8. The lowest BCUT2D eigenvalue weighted by molar-refractivity contribution is -0.123. The van der Waals surface area contributed by atoms with Crippen LogP contribution in [0.4, 0.5) is 4.79 Å². The standard InChI is InChI=1S/C20H16ClNO5S/c1-11-3-4-12(5-15(11)25-2)6-18-19(23)22(20(24)28-18)9-13-7-16-17(8-14(13)21)27-10-26-16/h3-8H,9-10H2,1-2H3/b18-6-. The zero-order chi connectivity index (χ0) is 19.8. The van der Waals surface area contributed by atoms with Crippen molar-refractivity contribution in [3.05, 3.63) is 56.9 Å². The van der Waals surface area contributed by atoms with E-state index >= 15 is 0 Å². The number of hydrogen-bond donors (Lipinski definition) is 0. The second-order valence-corrected chi connectivity index (χ2v) is 7.69. The number of nitrogens with zero attached hydrogens (tertiary/aromatic N) is 1. The third-order valence-corrected chi connectivity index (χ3v) is 5.73. The van der Waals surface area contributed by atoms with Crippen molar-refractivity contribution in [3.8, 4) is 17.2 Å². The number of rotatable bonds is 4. The molecule has 6 nitrogen and oxygen atoms in total. The van der Waals surface area contributed by atoms with Gasteiger partial charge in [-0.05, 0) is 53.6 Å². The highest BCUT2D eigenvalue weighted by atomic mass is 35.5. The number of carbonyl (C=O) groups excluding carboxylic acids is 2. The zero-order valence-electron chi connectivity index (χ0n) is 15.2. The van der Waals surface area contributed by atoms with Crippen molar-refractivity contribution in [1.29, 1.82) is 0 Å². The molecule has 2 aromatic rings. The highest BCUT2D eigenvalue weighted by molar-refractivity contribution is 8.18. The largest absolute Gasteiger partial charge is 0.496 e. The molecule has 2 heterocycles. The number of methoxy groups -OCH3 is 1. The van der Waals surface area contributed by atoms with Crippen LogP contribution in [0.2, 0.25) is 5.02 Å². The Bertz CT molecular complexity index is 1020. The molecule has 4 rings (SSSR count). The molecule has 28 heavy (non-hydrogen) atoms. The number of fused-ring (bicyclic) bond motifs is 1. The minimum Gasteiger partial charge on any atom is -0.496 e. The van der Waals surface area contributed by atoms with E-state index in [1.165, 1.54) is 4.90 Å². The second kappa shape index (κ2) is 7.41. The van der Waals surface area contributed by atoms with Crippen LogP contribution in [0, 0.1) is 6.92 Å². The SMILES string of the molecule is COc1cc(/C=C2\SC(=O)N(Cc3cc4c(cc3Cl)OCO4)C2=O)ccc1C. The van der Waals surface area contributed by atoms with Gasteiger partial charge >= 0.3 is 0 Å². The lowest BCUT2D eigenvalue weighted by atomic mass is 10.1. The third kappa shape index (κ3) is 3.43. The van der Waals surface area contributed by atoms with Crippen LogP contribution in [0.15, 0.2) is 35.2 Å². The molecule has 0 saturated carbocycles. The molecule has 0 unspecified atom stereocenters. The van der Waals surface area contributed by atoms with Gasteiger partial charge in [0.1, 0.15) is 5.75 Å². The Morgan fingerprint density at radius 1 is 1.21 bits per heavy atom. The lowest BCUT2D eigenvalue weighted by Gasteiger charge is -2.14. The van der Waals surface area contributed by atoms with Gasteiger partial charge in [0, 0.05) is 11.1 Å². The van der Waals surface area contributed by atoms with Crippen LogP contribution in [0.3, 0.4) is 0 Å². The number of halogens is 1. The second-order valence-electron chi connectivity index (χ2n) is 6.29. The number of ether oxygens (including phenoxy) is 3. The highest BCUT2D eigenvalue weighted by Gasteiger charge is 2.35. The van der Waals surface area contributed by atoms with Gasteiger partial charge in [0.2, 0.25) is 6.79 Å². The summed E-state index contributed by atoms with van der Waals surface area (Å²) in [6, 6.07) is 8.94. The fourth-order valence-corrected chi connectivity index (χ4v) is 4.02. The summed E-state index contributed by atoms with van der Waals surface area (Å²) >= 11 is 7.18. The van der Waals surface area contributed by atoms with E-state index < -0.39 is 0 Å². The molecule has 8 heteroatoms. The molecule has 2 aliphatic rings. The molecule has 2 amide bonds. The van der Waals surface area contributed by atoms with Crippen molar-refractivity contribution in [2.75, 3.05) is 13.9 Å². The van der Waals surface area contributed by atoms with Gasteiger partial charge in [-0.1, -0.05) is 23.7 Å². The minimum atomic E-state index is -0.358. The number of imide groups is 1. The van der Waals surface area contributed by atoms with E-state index in [9.17, 15) is 9.59 Å². The number of hydrogen-bond acceptors (Lipinski definition) is 6. The summed E-state index contributed by atoms with van der Waals surface area (Å²) in [4.78, 5) is 26.7. The Hall–Kier alpha value is -2.64. The van der Waals surface area contributed by atoms with Gasteiger partial charge in [-0.2, -0.15) is 0 Å².